The fourth-order valence-electron chi connectivity index (χ4n) is 1.37. The third-order valence-electron chi connectivity index (χ3n) is 2.53. The van der Waals surface area contributed by atoms with Gasteiger partial charge in [-0.2, -0.15) is 0 Å². The van der Waals surface area contributed by atoms with Crippen LogP contribution in [0.15, 0.2) is 18.2 Å². The Kier molecular flexibility index (Phi) is 5.94. The monoisotopic (exact) mass is 250 g/mol. The number of aryl methyl sites for hydroxylation is 1. The predicted octanol–water partition coefficient (Wildman–Crippen LogP) is 4.15. The number of ether oxygens (including phenoxy) is 1. The highest BCUT2D eigenvalue weighted by molar-refractivity contribution is 6.18. The van der Waals surface area contributed by atoms with Crippen LogP contribution in [0.1, 0.15) is 37.8 Å². The minimum Gasteiger partial charge on any atom is -0.490 e. The van der Waals surface area contributed by atoms with Crippen molar-refractivity contribution >= 4 is 11.6 Å². The summed E-state index contributed by atoms with van der Waals surface area (Å²) in [7, 11) is 0. The average molecular weight is 251 g/mol. The standard InChI is InChI=1S/C15H19ClO/c1-4-13(3)17-15-9-8-14(11-12(15)2)7-5-6-10-16/h8-9,11,13H,4,6,10H2,1-3H3. The van der Waals surface area contributed by atoms with Crippen molar-refractivity contribution in [3.63, 3.8) is 0 Å². The highest BCUT2D eigenvalue weighted by Crippen LogP contribution is 2.20. The zero-order chi connectivity index (χ0) is 12.7. The van der Waals surface area contributed by atoms with Crippen molar-refractivity contribution in [3.8, 4) is 17.6 Å². The van der Waals surface area contributed by atoms with E-state index >= 15 is 0 Å². The van der Waals surface area contributed by atoms with Crippen LogP contribution in [0.2, 0.25) is 0 Å². The van der Waals surface area contributed by atoms with Gasteiger partial charge >= 0.3 is 0 Å². The molecule has 1 aromatic rings. The molecule has 1 unspecified atom stereocenters. The lowest BCUT2D eigenvalue weighted by molar-refractivity contribution is 0.216. The Bertz CT molecular complexity index is 415. The van der Waals surface area contributed by atoms with Crippen LogP contribution < -0.4 is 4.74 Å². The van der Waals surface area contributed by atoms with Crippen LogP contribution in [0, 0.1) is 18.8 Å². The summed E-state index contributed by atoms with van der Waals surface area (Å²) in [6.45, 7) is 6.24. The molecular weight excluding hydrogens is 232 g/mol. The molecule has 0 saturated carbocycles. The lowest BCUT2D eigenvalue weighted by atomic mass is 10.1. The molecule has 1 atom stereocenters. The summed E-state index contributed by atoms with van der Waals surface area (Å²) in [5, 5.41) is 0. The molecule has 92 valence electrons. The molecule has 17 heavy (non-hydrogen) atoms. The number of halogens is 1. The fraction of sp³-hybridized carbons (Fsp3) is 0.467. The Morgan fingerprint density at radius 1 is 1.41 bits per heavy atom. The van der Waals surface area contributed by atoms with Crippen LogP contribution in [0.5, 0.6) is 5.75 Å². The van der Waals surface area contributed by atoms with Crippen LogP contribution in [0.3, 0.4) is 0 Å². The van der Waals surface area contributed by atoms with Gasteiger partial charge in [0.15, 0.2) is 0 Å². The highest BCUT2D eigenvalue weighted by Gasteiger charge is 2.04. The van der Waals surface area contributed by atoms with Crippen molar-refractivity contribution in [1.29, 1.82) is 0 Å². The predicted molar refractivity (Wildman–Crippen MR) is 73.8 cm³/mol. The average Bonchev–Trinajstić information content (AvgIpc) is 2.32. The van der Waals surface area contributed by atoms with Gasteiger partial charge in [0.05, 0.1) is 6.10 Å². The second-order valence-electron chi connectivity index (χ2n) is 4.06. The van der Waals surface area contributed by atoms with Gasteiger partial charge in [-0.05, 0) is 44.0 Å². The van der Waals surface area contributed by atoms with Crippen LogP contribution >= 0.6 is 11.6 Å². The summed E-state index contributed by atoms with van der Waals surface area (Å²) in [4.78, 5) is 0. The SMILES string of the molecule is CCC(C)Oc1ccc(C#CCCCl)cc1C. The summed E-state index contributed by atoms with van der Waals surface area (Å²) in [6.07, 6.45) is 1.99. The van der Waals surface area contributed by atoms with E-state index in [0.717, 1.165) is 29.7 Å². The van der Waals surface area contributed by atoms with Crippen LogP contribution in [0.4, 0.5) is 0 Å². The molecule has 0 aliphatic heterocycles. The first-order valence-corrected chi connectivity index (χ1v) is 6.53. The molecule has 1 aromatic carbocycles. The van der Waals surface area contributed by atoms with Crippen molar-refractivity contribution in [2.24, 2.45) is 0 Å². The Labute approximate surface area is 109 Å². The van der Waals surface area contributed by atoms with Crippen molar-refractivity contribution in [1.82, 2.24) is 0 Å². The molecule has 0 aliphatic carbocycles. The fourth-order valence-corrected chi connectivity index (χ4v) is 1.47. The summed E-state index contributed by atoms with van der Waals surface area (Å²) in [6, 6.07) is 6.04. The van der Waals surface area contributed by atoms with E-state index in [0.29, 0.717) is 5.88 Å². The third-order valence-corrected chi connectivity index (χ3v) is 2.72. The van der Waals surface area contributed by atoms with Crippen LogP contribution in [-0.2, 0) is 0 Å². The van der Waals surface area contributed by atoms with Crippen LogP contribution in [-0.4, -0.2) is 12.0 Å². The first-order chi connectivity index (χ1) is 8.17. The molecule has 0 saturated heterocycles. The van der Waals surface area contributed by atoms with E-state index in [2.05, 4.69) is 31.8 Å². The lowest BCUT2D eigenvalue weighted by Crippen LogP contribution is -2.10. The van der Waals surface area contributed by atoms with Crippen molar-refractivity contribution in [2.45, 2.75) is 39.7 Å². The van der Waals surface area contributed by atoms with Gasteiger partial charge in [0.25, 0.3) is 0 Å². The van der Waals surface area contributed by atoms with Gasteiger partial charge in [0.2, 0.25) is 0 Å². The molecule has 0 radical (unpaired) electrons. The van der Waals surface area contributed by atoms with Crippen molar-refractivity contribution < 1.29 is 4.74 Å². The smallest absolute Gasteiger partial charge is 0.122 e. The van der Waals surface area contributed by atoms with E-state index in [-0.39, 0.29) is 6.10 Å². The Hall–Kier alpha value is -1.13. The quantitative estimate of drug-likeness (QED) is 0.576. The van der Waals surface area contributed by atoms with Crippen molar-refractivity contribution in [3.05, 3.63) is 29.3 Å². The molecule has 0 N–H and O–H groups in total. The maximum atomic E-state index is 5.81. The second-order valence-corrected chi connectivity index (χ2v) is 4.44. The van der Waals surface area contributed by atoms with E-state index in [1.165, 1.54) is 0 Å². The zero-order valence-corrected chi connectivity index (χ0v) is 11.5. The molecule has 0 aromatic heterocycles. The Morgan fingerprint density at radius 3 is 2.76 bits per heavy atom. The molecule has 0 spiro atoms. The Morgan fingerprint density at radius 2 is 2.18 bits per heavy atom. The van der Waals surface area contributed by atoms with E-state index < -0.39 is 0 Å². The van der Waals surface area contributed by atoms with Gasteiger partial charge in [-0.15, -0.1) is 11.6 Å². The van der Waals surface area contributed by atoms with E-state index in [1.54, 1.807) is 0 Å². The van der Waals surface area contributed by atoms with Gasteiger partial charge in [0, 0.05) is 17.9 Å². The number of alkyl halides is 1. The molecule has 0 heterocycles. The molecule has 1 nitrogen and oxygen atoms in total. The highest BCUT2D eigenvalue weighted by atomic mass is 35.5. The van der Waals surface area contributed by atoms with Gasteiger partial charge in [-0.1, -0.05) is 18.8 Å². The molecule has 0 aliphatic rings. The largest absolute Gasteiger partial charge is 0.490 e. The zero-order valence-electron chi connectivity index (χ0n) is 10.7. The molecular formula is C15H19ClO. The topological polar surface area (TPSA) is 9.23 Å². The minimum absolute atomic E-state index is 0.252. The second kappa shape index (κ2) is 7.25. The number of hydrogen-bond acceptors (Lipinski definition) is 1. The van der Waals surface area contributed by atoms with E-state index in [9.17, 15) is 0 Å². The minimum atomic E-state index is 0.252. The summed E-state index contributed by atoms with van der Waals surface area (Å²) >= 11 is 5.57. The Balaban J connectivity index is 2.76. The first-order valence-electron chi connectivity index (χ1n) is 5.99. The number of hydrogen-bond donors (Lipinski definition) is 0. The molecule has 0 amide bonds. The van der Waals surface area contributed by atoms with E-state index in [4.69, 9.17) is 16.3 Å². The van der Waals surface area contributed by atoms with Gasteiger partial charge in [-0.3, -0.25) is 0 Å². The maximum Gasteiger partial charge on any atom is 0.122 e. The molecule has 2 heteroatoms. The molecule has 0 fully saturated rings. The van der Waals surface area contributed by atoms with Gasteiger partial charge in [-0.25, -0.2) is 0 Å². The number of benzene rings is 1. The summed E-state index contributed by atoms with van der Waals surface area (Å²) in [5.41, 5.74) is 2.15. The third kappa shape index (κ3) is 4.71. The van der Waals surface area contributed by atoms with Crippen LogP contribution in [0.25, 0.3) is 0 Å². The maximum absolute atomic E-state index is 5.81. The summed E-state index contributed by atoms with van der Waals surface area (Å²) in [5.74, 6) is 7.65. The van der Waals surface area contributed by atoms with Gasteiger partial charge < -0.3 is 4.74 Å². The van der Waals surface area contributed by atoms with E-state index in [1.807, 2.05) is 19.1 Å². The van der Waals surface area contributed by atoms with Crippen molar-refractivity contribution in [2.75, 3.05) is 5.88 Å². The normalized spacial score (nSPS) is 11.5. The number of rotatable bonds is 4. The molecule has 0 bridgehead atoms. The lowest BCUT2D eigenvalue weighted by Gasteiger charge is -2.14. The van der Waals surface area contributed by atoms with Gasteiger partial charge in [0.1, 0.15) is 5.75 Å². The molecule has 1 rings (SSSR count). The summed E-state index contributed by atoms with van der Waals surface area (Å²) < 4.78 is 5.81. The first kappa shape index (κ1) is 13.9.